The van der Waals surface area contributed by atoms with Crippen LogP contribution < -0.4 is 22.1 Å². The summed E-state index contributed by atoms with van der Waals surface area (Å²) in [7, 11) is 0. The SMILES string of the molecule is Cl.NC(=O)NCc1ccc(NC(=O)C2CC3CCCC(C2)C3N)cc1. The molecular formula is C18H27ClN4O2. The van der Waals surface area contributed by atoms with Crippen molar-refractivity contribution >= 4 is 30.0 Å². The number of carbonyl (C=O) groups is 2. The van der Waals surface area contributed by atoms with Crippen LogP contribution in [0.25, 0.3) is 0 Å². The van der Waals surface area contributed by atoms with E-state index < -0.39 is 6.03 Å². The molecule has 0 heterocycles. The second kappa shape index (κ2) is 8.54. The Kier molecular flexibility index (Phi) is 6.67. The lowest BCUT2D eigenvalue weighted by atomic mass is 9.65. The van der Waals surface area contributed by atoms with E-state index in [1.54, 1.807) is 0 Å². The van der Waals surface area contributed by atoms with E-state index in [2.05, 4.69) is 10.6 Å². The zero-order valence-corrected chi connectivity index (χ0v) is 15.1. The number of nitrogens with one attached hydrogen (secondary N) is 2. The van der Waals surface area contributed by atoms with Gasteiger partial charge in [0.15, 0.2) is 0 Å². The van der Waals surface area contributed by atoms with E-state index in [0.717, 1.165) is 36.9 Å². The first kappa shape index (κ1) is 19.5. The van der Waals surface area contributed by atoms with Crippen LogP contribution >= 0.6 is 12.4 Å². The number of amides is 3. The topological polar surface area (TPSA) is 110 Å². The molecule has 0 spiro atoms. The summed E-state index contributed by atoms with van der Waals surface area (Å²) in [6.07, 6.45) is 5.37. The molecule has 2 bridgehead atoms. The highest BCUT2D eigenvalue weighted by Crippen LogP contribution is 2.42. The summed E-state index contributed by atoms with van der Waals surface area (Å²) in [5.41, 5.74) is 13.1. The minimum absolute atomic E-state index is 0. The van der Waals surface area contributed by atoms with Crippen molar-refractivity contribution in [3.8, 4) is 0 Å². The first-order valence-corrected chi connectivity index (χ1v) is 8.71. The fourth-order valence-electron chi connectivity index (χ4n) is 4.14. The number of anilines is 1. The summed E-state index contributed by atoms with van der Waals surface area (Å²) < 4.78 is 0. The second-order valence-electron chi connectivity index (χ2n) is 7.10. The predicted molar refractivity (Wildman–Crippen MR) is 100 cm³/mol. The van der Waals surface area contributed by atoms with E-state index in [4.69, 9.17) is 11.5 Å². The first-order valence-electron chi connectivity index (χ1n) is 8.71. The third kappa shape index (κ3) is 4.86. The summed E-state index contributed by atoms with van der Waals surface area (Å²) in [5, 5.41) is 5.56. The number of fused-ring (bicyclic) bond motifs is 2. The van der Waals surface area contributed by atoms with Crippen molar-refractivity contribution in [3.05, 3.63) is 29.8 Å². The Morgan fingerprint density at radius 3 is 2.24 bits per heavy atom. The summed E-state index contributed by atoms with van der Waals surface area (Å²) >= 11 is 0. The van der Waals surface area contributed by atoms with Gasteiger partial charge < -0.3 is 22.1 Å². The van der Waals surface area contributed by atoms with Crippen LogP contribution in [0, 0.1) is 17.8 Å². The molecule has 6 nitrogen and oxygen atoms in total. The highest BCUT2D eigenvalue weighted by molar-refractivity contribution is 5.92. The summed E-state index contributed by atoms with van der Waals surface area (Å²) in [5.74, 6) is 1.16. The maximum Gasteiger partial charge on any atom is 0.312 e. The maximum absolute atomic E-state index is 12.6. The van der Waals surface area contributed by atoms with Gasteiger partial charge in [0, 0.05) is 24.2 Å². The number of hydrogen-bond acceptors (Lipinski definition) is 3. The zero-order valence-electron chi connectivity index (χ0n) is 14.2. The fraction of sp³-hybridized carbons (Fsp3) is 0.556. The monoisotopic (exact) mass is 366 g/mol. The normalized spacial score (nSPS) is 27.7. The Bertz CT molecular complexity index is 594. The van der Waals surface area contributed by atoms with Crippen molar-refractivity contribution < 1.29 is 9.59 Å². The molecule has 25 heavy (non-hydrogen) atoms. The third-order valence-electron chi connectivity index (χ3n) is 5.47. The molecule has 3 rings (SSSR count). The van der Waals surface area contributed by atoms with Crippen LogP contribution in [0.3, 0.4) is 0 Å². The van der Waals surface area contributed by atoms with Gasteiger partial charge in [0.05, 0.1) is 0 Å². The molecule has 2 fully saturated rings. The molecule has 2 unspecified atom stereocenters. The van der Waals surface area contributed by atoms with Crippen molar-refractivity contribution in [2.45, 2.75) is 44.7 Å². The zero-order chi connectivity index (χ0) is 17.1. The highest BCUT2D eigenvalue weighted by Gasteiger charge is 2.40. The molecule has 2 saturated carbocycles. The Hall–Kier alpha value is -1.79. The number of halogens is 1. The molecule has 0 aromatic heterocycles. The Balaban J connectivity index is 0.00000225. The van der Waals surface area contributed by atoms with Crippen LogP contribution in [-0.4, -0.2) is 18.0 Å². The molecule has 1 aromatic carbocycles. The lowest BCUT2D eigenvalue weighted by Gasteiger charge is -2.43. The van der Waals surface area contributed by atoms with E-state index >= 15 is 0 Å². The van der Waals surface area contributed by atoms with Gasteiger partial charge in [-0.15, -0.1) is 12.4 Å². The van der Waals surface area contributed by atoms with Crippen molar-refractivity contribution in [1.29, 1.82) is 0 Å². The number of carbonyl (C=O) groups excluding carboxylic acids is 2. The molecule has 6 N–H and O–H groups in total. The number of urea groups is 1. The number of hydrogen-bond donors (Lipinski definition) is 4. The van der Waals surface area contributed by atoms with Crippen LogP contribution in [0.4, 0.5) is 10.5 Å². The molecule has 138 valence electrons. The van der Waals surface area contributed by atoms with Crippen LogP contribution in [0.5, 0.6) is 0 Å². The first-order chi connectivity index (χ1) is 11.5. The average Bonchev–Trinajstić information content (AvgIpc) is 2.53. The summed E-state index contributed by atoms with van der Waals surface area (Å²) in [6.45, 7) is 0.382. The Labute approximate surface area is 154 Å². The largest absolute Gasteiger partial charge is 0.352 e. The molecule has 7 heteroatoms. The van der Waals surface area contributed by atoms with Gasteiger partial charge in [-0.25, -0.2) is 4.79 Å². The van der Waals surface area contributed by atoms with Crippen LogP contribution in [0.2, 0.25) is 0 Å². The lowest BCUT2D eigenvalue weighted by molar-refractivity contribution is -0.122. The van der Waals surface area contributed by atoms with E-state index in [1.165, 1.54) is 6.42 Å². The highest BCUT2D eigenvalue weighted by atomic mass is 35.5. The third-order valence-corrected chi connectivity index (χ3v) is 5.47. The number of primary amides is 1. The average molecular weight is 367 g/mol. The van der Waals surface area contributed by atoms with Crippen LogP contribution in [-0.2, 0) is 11.3 Å². The van der Waals surface area contributed by atoms with Gasteiger partial charge in [0.25, 0.3) is 0 Å². The minimum atomic E-state index is -0.548. The molecule has 2 aliphatic carbocycles. The van der Waals surface area contributed by atoms with Gasteiger partial charge in [-0.1, -0.05) is 18.6 Å². The van der Waals surface area contributed by atoms with E-state index in [1.807, 2.05) is 24.3 Å². The van der Waals surface area contributed by atoms with E-state index in [9.17, 15) is 9.59 Å². The van der Waals surface area contributed by atoms with Gasteiger partial charge in [-0.3, -0.25) is 4.79 Å². The lowest BCUT2D eigenvalue weighted by Crippen LogP contribution is -2.48. The van der Waals surface area contributed by atoms with Crippen molar-refractivity contribution in [1.82, 2.24) is 5.32 Å². The summed E-state index contributed by atoms with van der Waals surface area (Å²) in [6, 6.07) is 7.18. The number of rotatable bonds is 4. The molecule has 2 atom stereocenters. The van der Waals surface area contributed by atoms with E-state index in [-0.39, 0.29) is 30.3 Å². The molecule has 3 amide bonds. The van der Waals surface area contributed by atoms with Gasteiger partial charge >= 0.3 is 6.03 Å². The van der Waals surface area contributed by atoms with Crippen LogP contribution in [0.1, 0.15) is 37.7 Å². The Morgan fingerprint density at radius 1 is 1.08 bits per heavy atom. The standard InChI is InChI=1S/C18H26N4O2.ClH/c19-16-12-2-1-3-13(16)9-14(8-12)17(23)22-15-6-4-11(5-7-15)10-21-18(20)24;/h4-7,12-14,16H,1-3,8-10,19H2,(H,22,23)(H3,20,21,24);1H. The van der Waals surface area contributed by atoms with E-state index in [0.29, 0.717) is 18.4 Å². The van der Waals surface area contributed by atoms with Crippen molar-refractivity contribution in [2.75, 3.05) is 5.32 Å². The molecule has 0 radical (unpaired) electrons. The second-order valence-corrected chi connectivity index (χ2v) is 7.10. The number of nitrogens with two attached hydrogens (primary N) is 2. The van der Waals surface area contributed by atoms with Crippen molar-refractivity contribution in [3.63, 3.8) is 0 Å². The van der Waals surface area contributed by atoms with Crippen LogP contribution in [0.15, 0.2) is 24.3 Å². The molecule has 2 aliphatic rings. The predicted octanol–water partition coefficient (Wildman–Crippen LogP) is 2.37. The molecule has 0 aliphatic heterocycles. The van der Waals surface area contributed by atoms with Gasteiger partial charge in [-0.2, -0.15) is 0 Å². The molecule has 0 saturated heterocycles. The smallest absolute Gasteiger partial charge is 0.312 e. The maximum atomic E-state index is 12.6. The minimum Gasteiger partial charge on any atom is -0.352 e. The van der Waals surface area contributed by atoms with Gasteiger partial charge in [-0.05, 0) is 55.2 Å². The van der Waals surface area contributed by atoms with Gasteiger partial charge in [0.1, 0.15) is 0 Å². The Morgan fingerprint density at radius 2 is 1.68 bits per heavy atom. The molecular weight excluding hydrogens is 340 g/mol. The van der Waals surface area contributed by atoms with Gasteiger partial charge in [0.2, 0.25) is 5.91 Å². The molecule has 1 aromatic rings. The fourth-order valence-corrected chi connectivity index (χ4v) is 4.14. The van der Waals surface area contributed by atoms with Crippen molar-refractivity contribution in [2.24, 2.45) is 29.2 Å². The quantitative estimate of drug-likeness (QED) is 0.656. The summed E-state index contributed by atoms with van der Waals surface area (Å²) in [4.78, 5) is 23.3. The number of benzene rings is 1.